The van der Waals surface area contributed by atoms with E-state index in [-0.39, 0.29) is 11.8 Å². The zero-order valence-electron chi connectivity index (χ0n) is 14.7. The van der Waals surface area contributed by atoms with Gasteiger partial charge in [0.15, 0.2) is 0 Å². The summed E-state index contributed by atoms with van der Waals surface area (Å²) in [5, 5.41) is 5.40. The van der Waals surface area contributed by atoms with Crippen molar-refractivity contribution < 1.29 is 4.79 Å². The smallest absolute Gasteiger partial charge is 0.273 e. The number of hydrogen-bond donors (Lipinski definition) is 2. The maximum atomic E-state index is 12.4. The lowest BCUT2D eigenvalue weighted by molar-refractivity contribution is -0.116. The third-order valence-corrected chi connectivity index (χ3v) is 4.87. The number of carbonyl (C=O) groups is 1. The number of amides is 1. The van der Waals surface area contributed by atoms with Gasteiger partial charge in [0.1, 0.15) is 0 Å². The number of carbonyl (C=O) groups excluding carboxylic acids is 1. The predicted octanol–water partition coefficient (Wildman–Crippen LogP) is 3.43. The zero-order valence-corrected chi connectivity index (χ0v) is 14.7. The molecule has 3 N–H and O–H groups in total. The van der Waals surface area contributed by atoms with E-state index in [2.05, 4.69) is 27.2 Å². The lowest BCUT2D eigenvalue weighted by Crippen LogP contribution is -2.15. The van der Waals surface area contributed by atoms with Crippen LogP contribution in [0.3, 0.4) is 0 Å². The minimum atomic E-state index is -0.171. The first kappa shape index (κ1) is 16.1. The lowest BCUT2D eigenvalue weighted by Gasteiger charge is -2.12. The molecule has 1 aliphatic rings. The minimum absolute atomic E-state index is 0.0178. The first-order valence-corrected chi connectivity index (χ1v) is 8.54. The van der Waals surface area contributed by atoms with Crippen molar-refractivity contribution >= 4 is 34.3 Å². The Kier molecular flexibility index (Phi) is 3.84. The van der Waals surface area contributed by atoms with Gasteiger partial charge in [0, 0.05) is 41.3 Å². The van der Waals surface area contributed by atoms with Gasteiger partial charge in [-0.05, 0) is 29.8 Å². The summed E-state index contributed by atoms with van der Waals surface area (Å²) < 4.78 is 2.06. The van der Waals surface area contributed by atoms with Gasteiger partial charge in [0.05, 0.1) is 11.3 Å². The summed E-state index contributed by atoms with van der Waals surface area (Å²) in [6.45, 7) is 2.04. The molecule has 26 heavy (non-hydrogen) atoms. The Morgan fingerprint density at radius 2 is 1.88 bits per heavy atom. The van der Waals surface area contributed by atoms with Gasteiger partial charge in [0.25, 0.3) is 5.91 Å². The Bertz CT molecular complexity index is 1060. The molecule has 1 aliphatic heterocycles. The average molecular weight is 344 g/mol. The molecule has 5 heteroatoms. The minimum Gasteiger partial charge on any atom is -0.399 e. The number of nitrogen functional groups attached to an aromatic ring is 1. The van der Waals surface area contributed by atoms with Gasteiger partial charge < -0.3 is 10.3 Å². The summed E-state index contributed by atoms with van der Waals surface area (Å²) in [6, 6.07) is 15.8. The Balaban J connectivity index is 1.76. The molecule has 1 aromatic heterocycles. The predicted molar refractivity (Wildman–Crippen MR) is 106 cm³/mol. The van der Waals surface area contributed by atoms with E-state index < -0.39 is 0 Å². The molecule has 4 rings (SSSR count). The third kappa shape index (κ3) is 2.67. The van der Waals surface area contributed by atoms with E-state index in [9.17, 15) is 4.79 Å². The third-order valence-electron chi connectivity index (χ3n) is 4.87. The van der Waals surface area contributed by atoms with Crippen molar-refractivity contribution in [3.05, 3.63) is 71.4 Å². The second-order valence-electron chi connectivity index (χ2n) is 6.60. The summed E-state index contributed by atoms with van der Waals surface area (Å²) in [5.74, 6) is -0.189. The maximum Gasteiger partial charge on any atom is 0.273 e. The molecular formula is C21H20N4O. The number of hydrazone groups is 1. The average Bonchev–Trinajstić information content (AvgIpc) is 3.17. The molecule has 1 amide bonds. The molecule has 0 saturated carbocycles. The van der Waals surface area contributed by atoms with Crippen molar-refractivity contribution in [3.8, 4) is 0 Å². The van der Waals surface area contributed by atoms with Crippen LogP contribution in [0, 0.1) is 0 Å². The van der Waals surface area contributed by atoms with Crippen LogP contribution in [0.4, 0.5) is 5.69 Å². The second kappa shape index (κ2) is 6.19. The van der Waals surface area contributed by atoms with Crippen molar-refractivity contribution in [1.29, 1.82) is 0 Å². The van der Waals surface area contributed by atoms with Crippen molar-refractivity contribution in [3.63, 3.8) is 0 Å². The fourth-order valence-corrected chi connectivity index (χ4v) is 3.40. The molecular weight excluding hydrogens is 324 g/mol. The number of rotatable bonds is 3. The summed E-state index contributed by atoms with van der Waals surface area (Å²) in [4.78, 5) is 12.4. The summed E-state index contributed by atoms with van der Waals surface area (Å²) >= 11 is 0. The number of aromatic nitrogens is 1. The van der Waals surface area contributed by atoms with Crippen LogP contribution in [0.5, 0.6) is 0 Å². The molecule has 0 spiro atoms. The second-order valence-corrected chi connectivity index (χ2v) is 6.60. The SMILES string of the molecule is CC(C1=NNC(=O)/C1=C\c1cn(C)c2ccccc12)c1ccc(N)cc1. The van der Waals surface area contributed by atoms with E-state index in [0.717, 1.165) is 33.4 Å². The molecule has 3 aromatic rings. The zero-order chi connectivity index (χ0) is 18.3. The molecule has 0 saturated heterocycles. The van der Waals surface area contributed by atoms with Crippen molar-refractivity contribution in [1.82, 2.24) is 9.99 Å². The first-order valence-electron chi connectivity index (χ1n) is 8.54. The molecule has 1 unspecified atom stereocenters. The van der Waals surface area contributed by atoms with Crippen molar-refractivity contribution in [2.75, 3.05) is 5.73 Å². The highest BCUT2D eigenvalue weighted by Gasteiger charge is 2.28. The lowest BCUT2D eigenvalue weighted by atomic mass is 9.90. The fraction of sp³-hybridized carbons (Fsp3) is 0.143. The van der Waals surface area contributed by atoms with Gasteiger partial charge in [-0.25, -0.2) is 5.43 Å². The molecule has 2 aromatic carbocycles. The number of aryl methyl sites for hydroxylation is 1. The normalized spacial score (nSPS) is 16.8. The molecule has 0 fully saturated rings. The number of nitrogens with one attached hydrogen (secondary N) is 1. The topological polar surface area (TPSA) is 72.4 Å². The summed E-state index contributed by atoms with van der Waals surface area (Å²) in [6.07, 6.45) is 3.96. The van der Waals surface area contributed by atoms with E-state index in [1.807, 2.05) is 62.6 Å². The van der Waals surface area contributed by atoms with Gasteiger partial charge in [0.2, 0.25) is 0 Å². The van der Waals surface area contributed by atoms with Crippen molar-refractivity contribution in [2.45, 2.75) is 12.8 Å². The monoisotopic (exact) mass is 344 g/mol. The van der Waals surface area contributed by atoms with Crippen LogP contribution in [0.2, 0.25) is 0 Å². The van der Waals surface area contributed by atoms with Crippen LogP contribution in [-0.4, -0.2) is 16.2 Å². The van der Waals surface area contributed by atoms with E-state index >= 15 is 0 Å². The summed E-state index contributed by atoms with van der Waals surface area (Å²) in [5.41, 5.74) is 13.6. The maximum absolute atomic E-state index is 12.4. The van der Waals surface area contributed by atoms with Gasteiger partial charge >= 0.3 is 0 Å². The molecule has 5 nitrogen and oxygen atoms in total. The molecule has 0 radical (unpaired) electrons. The first-order chi connectivity index (χ1) is 12.5. The fourth-order valence-electron chi connectivity index (χ4n) is 3.40. The van der Waals surface area contributed by atoms with Gasteiger partial charge in [-0.1, -0.05) is 37.3 Å². The van der Waals surface area contributed by atoms with Crippen LogP contribution in [0.15, 0.2) is 65.4 Å². The molecule has 2 heterocycles. The van der Waals surface area contributed by atoms with Crippen LogP contribution < -0.4 is 11.2 Å². The Morgan fingerprint density at radius 3 is 2.65 bits per heavy atom. The number of nitrogens with two attached hydrogens (primary N) is 1. The van der Waals surface area contributed by atoms with Crippen LogP contribution >= 0.6 is 0 Å². The molecule has 0 bridgehead atoms. The van der Waals surface area contributed by atoms with Gasteiger partial charge in [-0.3, -0.25) is 4.79 Å². The summed E-state index contributed by atoms with van der Waals surface area (Å²) in [7, 11) is 2.01. The highest BCUT2D eigenvalue weighted by Crippen LogP contribution is 2.28. The Morgan fingerprint density at radius 1 is 1.15 bits per heavy atom. The van der Waals surface area contributed by atoms with Crippen LogP contribution in [0.1, 0.15) is 24.0 Å². The van der Waals surface area contributed by atoms with E-state index in [1.54, 1.807) is 0 Å². The molecule has 1 atom stereocenters. The highest BCUT2D eigenvalue weighted by atomic mass is 16.2. The molecule has 130 valence electrons. The molecule has 0 aliphatic carbocycles. The van der Waals surface area contributed by atoms with Gasteiger partial charge in [-0.15, -0.1) is 0 Å². The largest absolute Gasteiger partial charge is 0.399 e. The van der Waals surface area contributed by atoms with Crippen LogP contribution in [0.25, 0.3) is 17.0 Å². The number of benzene rings is 2. The van der Waals surface area contributed by atoms with Gasteiger partial charge in [-0.2, -0.15) is 5.10 Å². The van der Waals surface area contributed by atoms with Crippen molar-refractivity contribution in [2.24, 2.45) is 12.1 Å². The van der Waals surface area contributed by atoms with E-state index in [1.165, 1.54) is 0 Å². The number of nitrogens with zero attached hydrogens (tertiary/aromatic N) is 2. The quantitative estimate of drug-likeness (QED) is 0.564. The number of anilines is 1. The Hall–Kier alpha value is -3.34. The van der Waals surface area contributed by atoms with E-state index in [4.69, 9.17) is 5.73 Å². The number of fused-ring (bicyclic) bond motifs is 1. The Labute approximate surface area is 151 Å². The number of para-hydroxylation sites is 1. The highest BCUT2D eigenvalue weighted by molar-refractivity contribution is 6.29. The van der Waals surface area contributed by atoms with E-state index in [0.29, 0.717) is 5.57 Å². The number of hydrogen-bond acceptors (Lipinski definition) is 3. The van der Waals surface area contributed by atoms with Crippen LogP contribution in [-0.2, 0) is 11.8 Å². The standard InChI is InChI=1S/C21H20N4O/c1-13(14-7-9-16(22)10-8-14)20-18(21(26)24-23-20)11-15-12-25(2)19-6-4-3-5-17(15)19/h3-13H,22H2,1-2H3,(H,24,26)/b18-11-.